The molecule has 0 radical (unpaired) electrons. The molecule has 2 aromatic heterocycles. The van der Waals surface area contributed by atoms with Crippen molar-refractivity contribution >= 4 is 45.6 Å². The highest BCUT2D eigenvalue weighted by atomic mass is 16.5. The molecule has 36 heavy (non-hydrogen) atoms. The van der Waals surface area contributed by atoms with Gasteiger partial charge in [0, 0.05) is 45.9 Å². The van der Waals surface area contributed by atoms with E-state index >= 15 is 0 Å². The van der Waals surface area contributed by atoms with Gasteiger partial charge in [-0.1, -0.05) is 48.5 Å². The Balaban J connectivity index is 1.18. The summed E-state index contributed by atoms with van der Waals surface area (Å²) in [5, 5.41) is 12.4. The standard InChI is InChI=1S/C30H22N4O2/c35-30(25-10-5-11-27-24(25)16-17-31-27)32-21-8-4-9-22(18-21)36-23-13-14-26-28(33-34-29(26)19-23)15-12-20-6-2-1-3-7-20/h1-19,31H,(H,32,35)(H,33,34). The number of aromatic nitrogens is 3. The van der Waals surface area contributed by atoms with Gasteiger partial charge in [-0.2, -0.15) is 5.10 Å². The minimum Gasteiger partial charge on any atom is -0.457 e. The largest absolute Gasteiger partial charge is 0.457 e. The van der Waals surface area contributed by atoms with Crippen molar-refractivity contribution in [3.05, 3.63) is 120 Å². The monoisotopic (exact) mass is 470 g/mol. The molecule has 4 aromatic carbocycles. The number of carbonyl (C=O) groups excluding carboxylic acids is 1. The molecule has 6 rings (SSSR count). The molecule has 1 amide bonds. The molecule has 0 saturated carbocycles. The smallest absolute Gasteiger partial charge is 0.256 e. The molecule has 6 nitrogen and oxygen atoms in total. The number of carbonyl (C=O) groups is 1. The van der Waals surface area contributed by atoms with Gasteiger partial charge in [0.15, 0.2) is 0 Å². The van der Waals surface area contributed by atoms with E-state index in [0.717, 1.165) is 33.1 Å². The van der Waals surface area contributed by atoms with Crippen molar-refractivity contribution in [2.75, 3.05) is 5.32 Å². The minimum atomic E-state index is -0.174. The van der Waals surface area contributed by atoms with Crippen LogP contribution in [0.4, 0.5) is 5.69 Å². The third kappa shape index (κ3) is 4.35. The Kier molecular flexibility index (Phi) is 5.52. The minimum absolute atomic E-state index is 0.174. The quantitative estimate of drug-likeness (QED) is 0.240. The Morgan fingerprint density at radius 3 is 2.56 bits per heavy atom. The summed E-state index contributed by atoms with van der Waals surface area (Å²) in [5.74, 6) is 1.12. The second-order valence-electron chi connectivity index (χ2n) is 8.39. The highest BCUT2D eigenvalue weighted by Crippen LogP contribution is 2.29. The molecule has 0 saturated heterocycles. The van der Waals surface area contributed by atoms with Gasteiger partial charge in [-0.15, -0.1) is 0 Å². The zero-order valence-corrected chi connectivity index (χ0v) is 19.2. The molecular weight excluding hydrogens is 448 g/mol. The predicted octanol–water partition coefficient (Wildman–Crippen LogP) is 7.26. The van der Waals surface area contributed by atoms with Gasteiger partial charge in [-0.25, -0.2) is 0 Å². The highest BCUT2D eigenvalue weighted by molar-refractivity contribution is 6.12. The van der Waals surface area contributed by atoms with Gasteiger partial charge in [0.05, 0.1) is 11.2 Å². The van der Waals surface area contributed by atoms with E-state index in [2.05, 4.69) is 32.6 Å². The van der Waals surface area contributed by atoms with Crippen LogP contribution < -0.4 is 10.1 Å². The lowest BCUT2D eigenvalue weighted by atomic mass is 10.1. The summed E-state index contributed by atoms with van der Waals surface area (Å²) in [6, 6.07) is 30.8. The maximum Gasteiger partial charge on any atom is 0.256 e. The lowest BCUT2D eigenvalue weighted by molar-refractivity contribution is 0.102. The van der Waals surface area contributed by atoms with Crippen LogP contribution in [0.25, 0.3) is 34.0 Å². The Labute approximate surface area is 207 Å². The molecule has 2 heterocycles. The second kappa shape index (κ2) is 9.27. The first kappa shape index (κ1) is 21.4. The van der Waals surface area contributed by atoms with Gasteiger partial charge in [0.2, 0.25) is 0 Å². The highest BCUT2D eigenvalue weighted by Gasteiger charge is 2.12. The number of benzene rings is 4. The van der Waals surface area contributed by atoms with Crippen molar-refractivity contribution in [3.63, 3.8) is 0 Å². The van der Waals surface area contributed by atoms with Crippen LogP contribution in [-0.2, 0) is 0 Å². The molecule has 0 atom stereocenters. The van der Waals surface area contributed by atoms with Crippen LogP contribution in [0.1, 0.15) is 21.6 Å². The zero-order chi connectivity index (χ0) is 24.3. The first-order valence-electron chi connectivity index (χ1n) is 11.6. The zero-order valence-electron chi connectivity index (χ0n) is 19.2. The number of H-pyrrole nitrogens is 2. The topological polar surface area (TPSA) is 82.8 Å². The number of nitrogens with one attached hydrogen (secondary N) is 3. The Morgan fingerprint density at radius 1 is 0.778 bits per heavy atom. The third-order valence-electron chi connectivity index (χ3n) is 5.96. The average Bonchev–Trinajstić information content (AvgIpc) is 3.55. The van der Waals surface area contributed by atoms with Crippen LogP contribution in [0, 0.1) is 0 Å². The number of fused-ring (bicyclic) bond motifs is 2. The fraction of sp³-hybridized carbons (Fsp3) is 0. The number of amides is 1. The van der Waals surface area contributed by atoms with E-state index in [-0.39, 0.29) is 5.91 Å². The van der Waals surface area contributed by atoms with Gasteiger partial charge in [0.1, 0.15) is 11.5 Å². The van der Waals surface area contributed by atoms with Crippen LogP contribution in [0.2, 0.25) is 0 Å². The lowest BCUT2D eigenvalue weighted by Crippen LogP contribution is -2.12. The first-order chi connectivity index (χ1) is 17.7. The molecule has 0 aliphatic heterocycles. The van der Waals surface area contributed by atoms with Crippen molar-refractivity contribution in [2.45, 2.75) is 0 Å². The van der Waals surface area contributed by atoms with E-state index in [1.807, 2.05) is 97.2 Å². The number of ether oxygens (including phenoxy) is 1. The summed E-state index contributed by atoms with van der Waals surface area (Å²) >= 11 is 0. The third-order valence-corrected chi connectivity index (χ3v) is 5.96. The summed E-state index contributed by atoms with van der Waals surface area (Å²) in [5.41, 5.74) is 5.05. The van der Waals surface area contributed by atoms with Gasteiger partial charge in [-0.3, -0.25) is 9.89 Å². The molecule has 3 N–H and O–H groups in total. The van der Waals surface area contributed by atoms with E-state index in [1.54, 1.807) is 6.07 Å². The summed E-state index contributed by atoms with van der Waals surface area (Å²) < 4.78 is 6.09. The Bertz CT molecular complexity index is 1710. The molecule has 6 heteroatoms. The Morgan fingerprint density at radius 2 is 1.64 bits per heavy atom. The normalized spacial score (nSPS) is 11.3. The van der Waals surface area contributed by atoms with Crippen molar-refractivity contribution < 1.29 is 9.53 Å². The van der Waals surface area contributed by atoms with E-state index in [9.17, 15) is 4.79 Å². The number of rotatable bonds is 6. The number of hydrogen-bond donors (Lipinski definition) is 3. The fourth-order valence-electron chi connectivity index (χ4n) is 4.21. The summed E-state index contributed by atoms with van der Waals surface area (Å²) in [6.45, 7) is 0. The summed E-state index contributed by atoms with van der Waals surface area (Å²) in [6.07, 6.45) is 5.86. The molecule has 0 aliphatic carbocycles. The van der Waals surface area contributed by atoms with Crippen molar-refractivity contribution in [2.24, 2.45) is 0 Å². The number of aromatic amines is 2. The molecule has 0 spiro atoms. The Hall–Kier alpha value is -5.10. The molecule has 0 fully saturated rings. The maximum atomic E-state index is 12.9. The molecule has 0 unspecified atom stereocenters. The molecule has 0 aliphatic rings. The number of nitrogens with zero attached hydrogens (tertiary/aromatic N) is 1. The van der Waals surface area contributed by atoms with E-state index in [0.29, 0.717) is 22.7 Å². The molecule has 174 valence electrons. The maximum absolute atomic E-state index is 12.9. The molecule has 0 bridgehead atoms. The first-order valence-corrected chi connectivity index (χ1v) is 11.6. The van der Waals surface area contributed by atoms with Crippen molar-refractivity contribution in [1.29, 1.82) is 0 Å². The predicted molar refractivity (Wildman–Crippen MR) is 144 cm³/mol. The van der Waals surface area contributed by atoms with E-state index < -0.39 is 0 Å². The SMILES string of the molecule is O=C(Nc1cccc(Oc2ccc3c(C=Cc4ccccc4)n[nH]c3c2)c1)c1cccc2[nH]ccc12. The summed E-state index contributed by atoms with van der Waals surface area (Å²) in [4.78, 5) is 16.0. The van der Waals surface area contributed by atoms with Gasteiger partial charge in [0.25, 0.3) is 5.91 Å². The van der Waals surface area contributed by atoms with Crippen LogP contribution in [0.5, 0.6) is 11.5 Å². The van der Waals surface area contributed by atoms with E-state index in [1.165, 1.54) is 0 Å². The fourth-order valence-corrected chi connectivity index (χ4v) is 4.21. The van der Waals surface area contributed by atoms with Gasteiger partial charge < -0.3 is 15.0 Å². The average molecular weight is 471 g/mol. The lowest BCUT2D eigenvalue weighted by Gasteiger charge is -2.10. The van der Waals surface area contributed by atoms with Crippen molar-refractivity contribution in [1.82, 2.24) is 15.2 Å². The van der Waals surface area contributed by atoms with E-state index in [4.69, 9.17) is 4.74 Å². The molecule has 6 aromatic rings. The van der Waals surface area contributed by atoms with Crippen LogP contribution >= 0.6 is 0 Å². The second-order valence-corrected chi connectivity index (χ2v) is 8.39. The van der Waals surface area contributed by atoms with Crippen molar-refractivity contribution in [3.8, 4) is 11.5 Å². The van der Waals surface area contributed by atoms with Crippen LogP contribution in [-0.4, -0.2) is 21.1 Å². The van der Waals surface area contributed by atoms with Crippen LogP contribution in [0.3, 0.4) is 0 Å². The number of anilines is 1. The molecular formula is C30H22N4O2. The van der Waals surface area contributed by atoms with Gasteiger partial charge >= 0.3 is 0 Å². The van der Waals surface area contributed by atoms with Crippen LogP contribution in [0.15, 0.2) is 103 Å². The summed E-state index contributed by atoms with van der Waals surface area (Å²) in [7, 11) is 0. The van der Waals surface area contributed by atoms with Gasteiger partial charge in [-0.05, 0) is 54.1 Å². The number of hydrogen-bond acceptors (Lipinski definition) is 3.